The van der Waals surface area contributed by atoms with Crippen LogP contribution in [0.5, 0.6) is 0 Å². The molecule has 1 saturated heterocycles. The molecule has 2 aromatic rings. The van der Waals surface area contributed by atoms with Gasteiger partial charge in [-0.15, -0.1) is 11.3 Å². The second-order valence-electron chi connectivity index (χ2n) is 6.89. The van der Waals surface area contributed by atoms with Crippen molar-refractivity contribution in [3.8, 4) is 0 Å². The molecule has 0 spiro atoms. The highest BCUT2D eigenvalue weighted by molar-refractivity contribution is 7.20. The van der Waals surface area contributed by atoms with E-state index in [1.807, 2.05) is 25.7 Å². The first kappa shape index (κ1) is 18.8. The SMILES string of the molecule is Cc1nc(C)c2c(C)c(C(=O)NCCCN3CCCCCC3=O)sc2n1. The van der Waals surface area contributed by atoms with Crippen molar-refractivity contribution in [2.75, 3.05) is 19.6 Å². The Morgan fingerprint density at radius 1 is 1.19 bits per heavy atom. The molecule has 0 saturated carbocycles. The summed E-state index contributed by atoms with van der Waals surface area (Å²) in [5.74, 6) is 0.911. The van der Waals surface area contributed by atoms with Crippen molar-refractivity contribution in [2.24, 2.45) is 0 Å². The number of rotatable bonds is 5. The molecule has 1 aliphatic heterocycles. The summed E-state index contributed by atoms with van der Waals surface area (Å²) in [6.45, 7) is 7.91. The summed E-state index contributed by atoms with van der Waals surface area (Å²) >= 11 is 1.42. The smallest absolute Gasteiger partial charge is 0.261 e. The number of nitrogens with one attached hydrogen (secondary N) is 1. The van der Waals surface area contributed by atoms with Gasteiger partial charge < -0.3 is 10.2 Å². The Balaban J connectivity index is 1.58. The molecule has 0 aromatic carbocycles. The Kier molecular flexibility index (Phi) is 5.86. The molecule has 0 radical (unpaired) electrons. The minimum atomic E-state index is -0.0651. The minimum absolute atomic E-state index is 0.0651. The van der Waals surface area contributed by atoms with Crippen molar-refractivity contribution in [1.29, 1.82) is 0 Å². The monoisotopic (exact) mass is 374 g/mol. The molecule has 0 unspecified atom stereocenters. The third-order valence-electron chi connectivity index (χ3n) is 4.85. The molecule has 3 heterocycles. The molecule has 0 atom stereocenters. The van der Waals surface area contributed by atoms with Crippen LogP contribution in [0.25, 0.3) is 10.2 Å². The molecule has 1 fully saturated rings. The van der Waals surface area contributed by atoms with Crippen LogP contribution < -0.4 is 5.32 Å². The molecule has 2 amide bonds. The lowest BCUT2D eigenvalue weighted by molar-refractivity contribution is -0.130. The third-order valence-corrected chi connectivity index (χ3v) is 6.04. The molecule has 6 nitrogen and oxygen atoms in total. The number of carbonyl (C=O) groups is 2. The fraction of sp³-hybridized carbons (Fsp3) is 0.579. The summed E-state index contributed by atoms with van der Waals surface area (Å²) in [6, 6.07) is 0. The average molecular weight is 375 g/mol. The van der Waals surface area contributed by atoms with E-state index in [1.165, 1.54) is 11.3 Å². The van der Waals surface area contributed by atoms with Gasteiger partial charge in [-0.25, -0.2) is 9.97 Å². The topological polar surface area (TPSA) is 75.2 Å². The predicted octanol–water partition coefficient (Wildman–Crippen LogP) is 3.14. The van der Waals surface area contributed by atoms with E-state index in [-0.39, 0.29) is 11.8 Å². The summed E-state index contributed by atoms with van der Waals surface area (Å²) in [7, 11) is 0. The average Bonchev–Trinajstić information content (AvgIpc) is 2.78. The largest absolute Gasteiger partial charge is 0.351 e. The minimum Gasteiger partial charge on any atom is -0.351 e. The summed E-state index contributed by atoms with van der Waals surface area (Å²) in [5.41, 5.74) is 1.86. The molecular weight excluding hydrogens is 348 g/mol. The first-order valence-electron chi connectivity index (χ1n) is 9.27. The Morgan fingerprint density at radius 2 is 2.00 bits per heavy atom. The highest BCUT2D eigenvalue weighted by Crippen LogP contribution is 2.31. The third kappa shape index (κ3) is 4.03. The second kappa shape index (κ2) is 8.12. The number of nitrogens with zero attached hydrogens (tertiary/aromatic N) is 3. The Hall–Kier alpha value is -2.02. The quantitative estimate of drug-likeness (QED) is 0.816. The van der Waals surface area contributed by atoms with E-state index in [2.05, 4.69) is 15.3 Å². The number of hydrogen-bond donors (Lipinski definition) is 1. The lowest BCUT2D eigenvalue weighted by Gasteiger charge is -2.20. The molecule has 0 aliphatic carbocycles. The zero-order valence-electron chi connectivity index (χ0n) is 15.7. The van der Waals surface area contributed by atoms with Crippen LogP contribution in [0.15, 0.2) is 0 Å². The van der Waals surface area contributed by atoms with Crippen molar-refractivity contribution in [2.45, 2.75) is 52.9 Å². The van der Waals surface area contributed by atoms with Crippen LogP contribution in [0.3, 0.4) is 0 Å². The maximum Gasteiger partial charge on any atom is 0.261 e. The lowest BCUT2D eigenvalue weighted by Crippen LogP contribution is -2.33. The van der Waals surface area contributed by atoms with Gasteiger partial charge in [0.15, 0.2) is 0 Å². The van der Waals surface area contributed by atoms with Crippen molar-refractivity contribution < 1.29 is 9.59 Å². The molecule has 1 aliphatic rings. The number of amides is 2. The van der Waals surface area contributed by atoms with Gasteiger partial charge in [0.25, 0.3) is 5.91 Å². The van der Waals surface area contributed by atoms with E-state index >= 15 is 0 Å². The molecular formula is C19H26N4O2S. The zero-order chi connectivity index (χ0) is 18.7. The molecule has 1 N–H and O–H groups in total. The fourth-order valence-corrected chi connectivity index (χ4v) is 4.71. The van der Waals surface area contributed by atoms with Crippen LogP contribution in [0.1, 0.15) is 58.9 Å². The van der Waals surface area contributed by atoms with Crippen molar-refractivity contribution in [3.05, 3.63) is 22.0 Å². The number of thiophene rings is 1. The Bertz CT molecular complexity index is 831. The number of carbonyl (C=O) groups excluding carboxylic acids is 2. The second-order valence-corrected chi connectivity index (χ2v) is 7.89. The van der Waals surface area contributed by atoms with Crippen LogP contribution in [-0.2, 0) is 4.79 Å². The van der Waals surface area contributed by atoms with Crippen LogP contribution in [0, 0.1) is 20.8 Å². The Labute approximate surface area is 158 Å². The van der Waals surface area contributed by atoms with E-state index in [9.17, 15) is 9.59 Å². The number of aryl methyl sites for hydroxylation is 3. The molecule has 140 valence electrons. The van der Waals surface area contributed by atoms with Gasteiger partial charge >= 0.3 is 0 Å². The first-order valence-corrected chi connectivity index (χ1v) is 10.1. The number of likely N-dealkylation sites (tertiary alicyclic amines) is 1. The first-order chi connectivity index (χ1) is 12.5. The number of fused-ring (bicyclic) bond motifs is 1. The van der Waals surface area contributed by atoms with Crippen LogP contribution in [0.2, 0.25) is 0 Å². The Morgan fingerprint density at radius 3 is 2.81 bits per heavy atom. The van der Waals surface area contributed by atoms with E-state index in [0.717, 1.165) is 59.5 Å². The summed E-state index contributed by atoms with van der Waals surface area (Å²) < 4.78 is 0. The van der Waals surface area contributed by atoms with Crippen LogP contribution >= 0.6 is 11.3 Å². The molecule has 7 heteroatoms. The normalized spacial score (nSPS) is 15.3. The lowest BCUT2D eigenvalue weighted by atomic mass is 10.1. The standard InChI is InChI=1S/C19H26N4O2S/c1-12-16-13(2)21-14(3)22-19(16)26-17(12)18(25)20-9-7-11-23-10-6-4-5-8-15(23)24/h4-11H2,1-3H3,(H,20,25). The van der Waals surface area contributed by atoms with Crippen molar-refractivity contribution in [3.63, 3.8) is 0 Å². The summed E-state index contributed by atoms with van der Waals surface area (Å²) in [5, 5.41) is 3.98. The predicted molar refractivity (Wildman–Crippen MR) is 104 cm³/mol. The van der Waals surface area contributed by atoms with Gasteiger partial charge in [0.05, 0.1) is 4.88 Å². The highest BCUT2D eigenvalue weighted by atomic mass is 32.1. The van der Waals surface area contributed by atoms with Crippen LogP contribution in [0.4, 0.5) is 0 Å². The van der Waals surface area contributed by atoms with Gasteiger partial charge in [-0.3, -0.25) is 9.59 Å². The maximum absolute atomic E-state index is 12.6. The van der Waals surface area contributed by atoms with E-state index in [4.69, 9.17) is 0 Å². The van der Waals surface area contributed by atoms with Gasteiger partial charge in [-0.1, -0.05) is 6.42 Å². The van der Waals surface area contributed by atoms with Crippen molar-refractivity contribution >= 4 is 33.4 Å². The fourth-order valence-electron chi connectivity index (χ4n) is 3.52. The van der Waals surface area contributed by atoms with Gasteiger partial charge in [0, 0.05) is 37.1 Å². The molecule has 0 bridgehead atoms. The molecule has 2 aromatic heterocycles. The van der Waals surface area contributed by atoms with E-state index in [0.29, 0.717) is 24.4 Å². The van der Waals surface area contributed by atoms with Crippen LogP contribution in [-0.4, -0.2) is 46.3 Å². The number of aromatic nitrogens is 2. The highest BCUT2D eigenvalue weighted by Gasteiger charge is 2.19. The maximum atomic E-state index is 12.6. The summed E-state index contributed by atoms with van der Waals surface area (Å²) in [6.07, 6.45) is 4.65. The van der Waals surface area contributed by atoms with Crippen molar-refractivity contribution in [1.82, 2.24) is 20.2 Å². The van der Waals surface area contributed by atoms with Gasteiger partial charge in [-0.05, 0) is 45.6 Å². The summed E-state index contributed by atoms with van der Waals surface area (Å²) in [4.78, 5) is 36.9. The molecule has 26 heavy (non-hydrogen) atoms. The van der Waals surface area contributed by atoms with Gasteiger partial charge in [0.1, 0.15) is 10.7 Å². The zero-order valence-corrected chi connectivity index (χ0v) is 16.5. The van der Waals surface area contributed by atoms with E-state index < -0.39 is 0 Å². The van der Waals surface area contributed by atoms with E-state index in [1.54, 1.807) is 0 Å². The molecule has 3 rings (SSSR count). The van der Waals surface area contributed by atoms with Gasteiger partial charge in [0.2, 0.25) is 5.91 Å². The number of hydrogen-bond acceptors (Lipinski definition) is 5. The van der Waals surface area contributed by atoms with Gasteiger partial charge in [-0.2, -0.15) is 0 Å².